The van der Waals surface area contributed by atoms with Crippen LogP contribution in [0.5, 0.6) is 5.75 Å². The minimum absolute atomic E-state index is 0.133. The van der Waals surface area contributed by atoms with Crippen molar-refractivity contribution in [3.63, 3.8) is 0 Å². The van der Waals surface area contributed by atoms with Gasteiger partial charge in [0, 0.05) is 6.07 Å². The van der Waals surface area contributed by atoms with Gasteiger partial charge in [-0.05, 0) is 32.0 Å². The van der Waals surface area contributed by atoms with Gasteiger partial charge in [-0.25, -0.2) is 0 Å². The van der Waals surface area contributed by atoms with Gasteiger partial charge in [-0.2, -0.15) is 0 Å². The van der Waals surface area contributed by atoms with Crippen molar-refractivity contribution in [2.24, 2.45) is 0 Å². The minimum atomic E-state index is -0.835. The molecule has 0 heterocycles. The Morgan fingerprint density at radius 2 is 1.76 bits per heavy atom. The number of carbonyl (C=O) groups is 1. The van der Waals surface area contributed by atoms with Crippen molar-refractivity contribution in [1.29, 1.82) is 0 Å². The molecular weight excluding hydrogens is 330 g/mol. The third-order valence-electron chi connectivity index (χ3n) is 3.13. The summed E-state index contributed by atoms with van der Waals surface area (Å²) in [5.41, 5.74) is -1.05. The van der Waals surface area contributed by atoms with E-state index in [4.69, 9.17) is 4.74 Å². The number of ether oxygens (including phenoxy) is 1. The fourth-order valence-corrected chi connectivity index (χ4v) is 2.09. The summed E-state index contributed by atoms with van der Waals surface area (Å²) in [6, 6.07) is 9.49. The van der Waals surface area contributed by atoms with E-state index in [-0.39, 0.29) is 11.7 Å². The molecule has 0 spiro atoms. The lowest BCUT2D eigenvalue weighted by Gasteiger charge is -2.14. The molecule has 0 aliphatic carbocycles. The van der Waals surface area contributed by atoms with E-state index < -0.39 is 27.1 Å². The second-order valence-corrected chi connectivity index (χ2v) is 5.33. The number of nitro benzene ring substituents is 2. The number of nitro groups is 2. The van der Waals surface area contributed by atoms with E-state index in [9.17, 15) is 25.0 Å². The van der Waals surface area contributed by atoms with Gasteiger partial charge in [0.2, 0.25) is 0 Å². The number of nitrogens with zero attached hydrogens (tertiary/aromatic N) is 2. The molecule has 2 aromatic carbocycles. The van der Waals surface area contributed by atoms with Crippen molar-refractivity contribution in [3.8, 4) is 5.75 Å². The third kappa shape index (κ3) is 4.28. The van der Waals surface area contributed by atoms with E-state index in [1.807, 2.05) is 13.8 Å². The molecule has 1 N–H and O–H groups in total. The molecule has 0 aromatic heterocycles. The first-order chi connectivity index (χ1) is 11.8. The molecule has 130 valence electrons. The van der Waals surface area contributed by atoms with E-state index in [0.29, 0.717) is 11.4 Å². The average Bonchev–Trinajstić information content (AvgIpc) is 2.55. The van der Waals surface area contributed by atoms with Crippen LogP contribution in [0.3, 0.4) is 0 Å². The molecule has 9 nitrogen and oxygen atoms in total. The average molecular weight is 345 g/mol. The Balaban J connectivity index is 2.36. The molecule has 0 unspecified atom stereocenters. The molecule has 0 bridgehead atoms. The maximum absolute atomic E-state index is 12.4. The fraction of sp³-hybridized carbons (Fsp3) is 0.188. The van der Waals surface area contributed by atoms with E-state index in [1.54, 1.807) is 24.3 Å². The normalized spacial score (nSPS) is 10.4. The van der Waals surface area contributed by atoms with Crippen LogP contribution in [0.15, 0.2) is 42.5 Å². The number of hydrogen-bond donors (Lipinski definition) is 1. The van der Waals surface area contributed by atoms with Crippen LogP contribution in [-0.2, 0) is 0 Å². The highest BCUT2D eigenvalue weighted by Gasteiger charge is 2.24. The van der Waals surface area contributed by atoms with Crippen molar-refractivity contribution >= 4 is 23.0 Å². The number of nitrogens with one attached hydrogen (secondary N) is 1. The molecular formula is C16H15N3O6. The van der Waals surface area contributed by atoms with Gasteiger partial charge in [-0.3, -0.25) is 25.0 Å². The Morgan fingerprint density at radius 1 is 1.08 bits per heavy atom. The summed E-state index contributed by atoms with van der Waals surface area (Å²) in [6.45, 7) is 3.64. The molecule has 9 heteroatoms. The summed E-state index contributed by atoms with van der Waals surface area (Å²) >= 11 is 0. The predicted octanol–water partition coefficient (Wildman–Crippen LogP) is 3.54. The zero-order valence-electron chi connectivity index (χ0n) is 13.5. The first-order valence-corrected chi connectivity index (χ1v) is 7.29. The topological polar surface area (TPSA) is 125 Å². The number of anilines is 1. The van der Waals surface area contributed by atoms with E-state index >= 15 is 0 Å². The van der Waals surface area contributed by atoms with Crippen LogP contribution in [0, 0.1) is 20.2 Å². The molecule has 0 fully saturated rings. The van der Waals surface area contributed by atoms with Gasteiger partial charge in [-0.15, -0.1) is 0 Å². The van der Waals surface area contributed by atoms with Gasteiger partial charge in [-0.1, -0.05) is 12.1 Å². The van der Waals surface area contributed by atoms with Crippen LogP contribution in [-0.4, -0.2) is 21.9 Å². The number of carbonyl (C=O) groups excluding carboxylic acids is 1. The number of non-ortho nitro benzene ring substituents is 1. The smallest absolute Gasteiger partial charge is 0.289 e. The van der Waals surface area contributed by atoms with Gasteiger partial charge in [0.25, 0.3) is 17.3 Å². The Morgan fingerprint density at radius 3 is 2.36 bits per heavy atom. The third-order valence-corrected chi connectivity index (χ3v) is 3.13. The van der Waals surface area contributed by atoms with Gasteiger partial charge in [0.15, 0.2) is 0 Å². The zero-order valence-corrected chi connectivity index (χ0v) is 13.5. The molecule has 0 radical (unpaired) electrons. The van der Waals surface area contributed by atoms with Crippen molar-refractivity contribution in [2.45, 2.75) is 20.0 Å². The molecule has 0 aliphatic rings. The monoisotopic (exact) mass is 345 g/mol. The number of hydrogen-bond acceptors (Lipinski definition) is 6. The van der Waals surface area contributed by atoms with Crippen LogP contribution < -0.4 is 10.1 Å². The molecule has 0 atom stereocenters. The fourth-order valence-electron chi connectivity index (χ4n) is 2.09. The summed E-state index contributed by atoms with van der Waals surface area (Å²) < 4.78 is 5.57. The largest absolute Gasteiger partial charge is 0.489 e. The van der Waals surface area contributed by atoms with Crippen molar-refractivity contribution in [2.75, 3.05) is 5.32 Å². The number of amides is 1. The van der Waals surface area contributed by atoms with E-state index in [1.165, 1.54) is 0 Å². The summed E-state index contributed by atoms with van der Waals surface area (Å²) in [7, 11) is 0. The molecule has 25 heavy (non-hydrogen) atoms. The van der Waals surface area contributed by atoms with Crippen LogP contribution in [0.4, 0.5) is 17.1 Å². The predicted molar refractivity (Wildman–Crippen MR) is 89.9 cm³/mol. The maximum atomic E-state index is 12.4. The Hall–Kier alpha value is -3.49. The van der Waals surface area contributed by atoms with Gasteiger partial charge in [0.1, 0.15) is 11.3 Å². The first-order valence-electron chi connectivity index (χ1n) is 7.29. The molecule has 2 rings (SSSR count). The number of para-hydroxylation sites is 2. The Labute approximate surface area is 142 Å². The van der Waals surface area contributed by atoms with Crippen molar-refractivity contribution < 1.29 is 19.4 Å². The quantitative estimate of drug-likeness (QED) is 0.630. The molecule has 0 saturated heterocycles. The first kappa shape index (κ1) is 17.9. The minimum Gasteiger partial charge on any atom is -0.489 e. The highest BCUT2D eigenvalue weighted by atomic mass is 16.6. The molecule has 0 aliphatic heterocycles. The lowest BCUT2D eigenvalue weighted by atomic mass is 10.1. The van der Waals surface area contributed by atoms with Gasteiger partial charge >= 0.3 is 0 Å². The van der Waals surface area contributed by atoms with Gasteiger partial charge < -0.3 is 10.1 Å². The SMILES string of the molecule is CC(C)Oc1ccccc1NC(=O)c1ccc([N+](=O)[O-])cc1[N+](=O)[O-]. The Kier molecular flexibility index (Phi) is 5.28. The van der Waals surface area contributed by atoms with Crippen molar-refractivity contribution in [1.82, 2.24) is 0 Å². The highest BCUT2D eigenvalue weighted by molar-refractivity contribution is 6.07. The number of rotatable bonds is 6. The zero-order chi connectivity index (χ0) is 18.6. The lowest BCUT2D eigenvalue weighted by molar-refractivity contribution is -0.394. The summed E-state index contributed by atoms with van der Waals surface area (Å²) in [5, 5.41) is 24.4. The second kappa shape index (κ2) is 7.39. The second-order valence-electron chi connectivity index (χ2n) is 5.33. The van der Waals surface area contributed by atoms with Crippen LogP contribution in [0.1, 0.15) is 24.2 Å². The van der Waals surface area contributed by atoms with Gasteiger partial charge in [0.05, 0.1) is 27.7 Å². The lowest BCUT2D eigenvalue weighted by Crippen LogP contribution is -2.16. The maximum Gasteiger partial charge on any atom is 0.289 e. The summed E-state index contributed by atoms with van der Waals surface area (Å²) in [4.78, 5) is 32.7. The van der Waals surface area contributed by atoms with Crippen LogP contribution in [0.25, 0.3) is 0 Å². The van der Waals surface area contributed by atoms with E-state index in [2.05, 4.69) is 5.32 Å². The Bertz CT molecular complexity index is 834. The number of benzene rings is 2. The molecule has 1 amide bonds. The van der Waals surface area contributed by atoms with Crippen molar-refractivity contribution in [3.05, 3.63) is 68.3 Å². The summed E-state index contributed by atoms with van der Waals surface area (Å²) in [6.07, 6.45) is -0.133. The van der Waals surface area contributed by atoms with Crippen LogP contribution in [0.2, 0.25) is 0 Å². The van der Waals surface area contributed by atoms with Crippen LogP contribution >= 0.6 is 0 Å². The molecule has 0 saturated carbocycles. The van der Waals surface area contributed by atoms with E-state index in [0.717, 1.165) is 18.2 Å². The highest BCUT2D eigenvalue weighted by Crippen LogP contribution is 2.28. The molecule has 2 aromatic rings. The summed E-state index contributed by atoms with van der Waals surface area (Å²) in [5.74, 6) is -0.350. The standard InChI is InChI=1S/C16H15N3O6/c1-10(2)25-15-6-4-3-5-13(15)17-16(20)12-8-7-11(18(21)22)9-14(12)19(23)24/h3-10H,1-2H3,(H,17,20).